The molecule has 1 atom stereocenters. The first kappa shape index (κ1) is 20.1. The Balaban J connectivity index is 1.35. The molecule has 1 saturated carbocycles. The lowest BCUT2D eigenvalue weighted by Gasteiger charge is -2.26. The molecule has 9 nitrogen and oxygen atoms in total. The number of benzene rings is 1. The van der Waals surface area contributed by atoms with E-state index in [2.05, 4.69) is 15.4 Å². The third-order valence-corrected chi connectivity index (χ3v) is 6.29. The van der Waals surface area contributed by atoms with E-state index < -0.39 is 5.54 Å². The van der Waals surface area contributed by atoms with E-state index in [0.29, 0.717) is 12.8 Å². The van der Waals surface area contributed by atoms with Gasteiger partial charge < -0.3 is 10.2 Å². The van der Waals surface area contributed by atoms with E-state index in [1.165, 1.54) is 11.2 Å². The molecular weight excluding hydrogens is 384 g/mol. The summed E-state index contributed by atoms with van der Waals surface area (Å²) in [5.74, 6) is -0.298. The molecule has 0 bridgehead atoms. The second-order valence-corrected chi connectivity index (χ2v) is 8.04. The highest BCUT2D eigenvalue weighted by atomic mass is 16.2. The highest BCUT2D eigenvalue weighted by Crippen LogP contribution is 2.35. The second kappa shape index (κ2) is 7.89. The van der Waals surface area contributed by atoms with Crippen LogP contribution in [-0.4, -0.2) is 61.5 Å². The number of amides is 4. The third-order valence-electron chi connectivity index (χ3n) is 6.29. The van der Waals surface area contributed by atoms with Crippen molar-refractivity contribution < 1.29 is 14.4 Å². The van der Waals surface area contributed by atoms with Crippen LogP contribution in [0.25, 0.3) is 5.69 Å². The molecule has 9 heteroatoms. The Labute approximate surface area is 175 Å². The van der Waals surface area contributed by atoms with E-state index in [4.69, 9.17) is 0 Å². The Hall–Kier alpha value is -3.23. The molecule has 4 rings (SSSR count). The molecule has 158 valence electrons. The number of imide groups is 1. The van der Waals surface area contributed by atoms with Gasteiger partial charge in [-0.2, -0.15) is 5.10 Å². The number of aromatic nitrogens is 3. The van der Waals surface area contributed by atoms with Crippen molar-refractivity contribution in [2.45, 2.75) is 50.6 Å². The maximum Gasteiger partial charge on any atom is 0.325 e. The SMILES string of the molecule is C[C@H](c1ccc(-n2cncn2)cc1)N(C)C(=O)CCN1C(=O)NC2(CCCC2)C1=O. The van der Waals surface area contributed by atoms with E-state index in [9.17, 15) is 14.4 Å². The summed E-state index contributed by atoms with van der Waals surface area (Å²) < 4.78 is 1.67. The molecule has 1 aromatic heterocycles. The molecule has 4 amide bonds. The van der Waals surface area contributed by atoms with Gasteiger partial charge in [-0.25, -0.2) is 14.5 Å². The van der Waals surface area contributed by atoms with Crippen molar-refractivity contribution in [2.24, 2.45) is 0 Å². The standard InChI is InChI=1S/C21H26N6O3/c1-15(16-5-7-17(8-6-16)27-14-22-13-23-27)25(2)18(28)9-12-26-19(29)21(24-20(26)30)10-3-4-11-21/h5-8,13-15H,3-4,9-12H2,1-2H3,(H,24,30)/t15-/m1/s1. The van der Waals surface area contributed by atoms with Crippen molar-refractivity contribution in [1.29, 1.82) is 0 Å². The first-order chi connectivity index (χ1) is 14.4. The van der Waals surface area contributed by atoms with Gasteiger partial charge >= 0.3 is 6.03 Å². The Morgan fingerprint density at radius 3 is 2.57 bits per heavy atom. The van der Waals surface area contributed by atoms with E-state index in [0.717, 1.165) is 24.1 Å². The van der Waals surface area contributed by atoms with Crippen molar-refractivity contribution in [3.63, 3.8) is 0 Å². The Morgan fingerprint density at radius 2 is 1.93 bits per heavy atom. The number of carbonyl (C=O) groups excluding carboxylic acids is 3. The molecule has 1 aliphatic carbocycles. The van der Waals surface area contributed by atoms with Crippen LogP contribution in [0.1, 0.15) is 50.6 Å². The summed E-state index contributed by atoms with van der Waals surface area (Å²) in [7, 11) is 1.74. The molecule has 0 unspecified atom stereocenters. The van der Waals surface area contributed by atoms with Crippen molar-refractivity contribution in [3.05, 3.63) is 42.5 Å². The topological polar surface area (TPSA) is 100 Å². The molecule has 30 heavy (non-hydrogen) atoms. The molecule has 0 radical (unpaired) electrons. The summed E-state index contributed by atoms with van der Waals surface area (Å²) in [6.45, 7) is 2.05. The van der Waals surface area contributed by atoms with Crippen LogP contribution in [-0.2, 0) is 9.59 Å². The van der Waals surface area contributed by atoms with Crippen LogP contribution in [0.3, 0.4) is 0 Å². The van der Waals surface area contributed by atoms with Crippen molar-refractivity contribution in [1.82, 2.24) is 29.9 Å². The molecule has 2 fully saturated rings. The minimum absolute atomic E-state index is 0.104. The Morgan fingerprint density at radius 1 is 1.23 bits per heavy atom. The summed E-state index contributed by atoms with van der Waals surface area (Å²) in [5.41, 5.74) is 1.14. The monoisotopic (exact) mass is 410 g/mol. The van der Waals surface area contributed by atoms with Gasteiger partial charge in [0.2, 0.25) is 5.91 Å². The average Bonchev–Trinajstić information content (AvgIpc) is 3.49. The minimum Gasteiger partial charge on any atom is -0.339 e. The van der Waals surface area contributed by atoms with Gasteiger partial charge in [0, 0.05) is 20.0 Å². The van der Waals surface area contributed by atoms with Gasteiger partial charge in [-0.1, -0.05) is 25.0 Å². The predicted molar refractivity (Wildman–Crippen MR) is 109 cm³/mol. The van der Waals surface area contributed by atoms with Crippen LogP contribution >= 0.6 is 0 Å². The van der Waals surface area contributed by atoms with Crippen LogP contribution in [0.5, 0.6) is 0 Å². The van der Waals surface area contributed by atoms with Crippen LogP contribution in [0.4, 0.5) is 4.79 Å². The Kier molecular flexibility index (Phi) is 5.27. The zero-order valence-electron chi connectivity index (χ0n) is 17.2. The molecular formula is C21H26N6O3. The average molecular weight is 410 g/mol. The van der Waals surface area contributed by atoms with E-state index in [1.807, 2.05) is 31.2 Å². The number of rotatable bonds is 6. The number of urea groups is 1. The van der Waals surface area contributed by atoms with Crippen molar-refractivity contribution >= 4 is 17.8 Å². The maximum absolute atomic E-state index is 12.7. The van der Waals surface area contributed by atoms with Gasteiger partial charge in [0.05, 0.1) is 11.7 Å². The highest BCUT2D eigenvalue weighted by Gasteiger charge is 2.52. The number of carbonyl (C=O) groups is 3. The summed E-state index contributed by atoms with van der Waals surface area (Å²) >= 11 is 0. The van der Waals surface area contributed by atoms with E-state index >= 15 is 0 Å². The summed E-state index contributed by atoms with van der Waals surface area (Å²) in [4.78, 5) is 44.5. The lowest BCUT2D eigenvalue weighted by Crippen LogP contribution is -2.44. The van der Waals surface area contributed by atoms with Crippen LogP contribution < -0.4 is 5.32 Å². The zero-order valence-corrected chi connectivity index (χ0v) is 17.2. The molecule has 2 aromatic rings. The molecule has 1 aromatic carbocycles. The van der Waals surface area contributed by atoms with Gasteiger partial charge in [-0.15, -0.1) is 0 Å². The fourth-order valence-corrected chi connectivity index (χ4v) is 4.27. The Bertz CT molecular complexity index is 934. The maximum atomic E-state index is 12.7. The molecule has 1 aliphatic heterocycles. The number of hydrogen-bond donors (Lipinski definition) is 1. The molecule has 2 heterocycles. The molecule has 1 N–H and O–H groups in total. The molecule has 1 spiro atoms. The minimum atomic E-state index is -0.731. The normalized spacial score (nSPS) is 18.7. The largest absolute Gasteiger partial charge is 0.339 e. The summed E-state index contributed by atoms with van der Waals surface area (Å²) in [6, 6.07) is 7.22. The zero-order chi connectivity index (χ0) is 21.3. The predicted octanol–water partition coefficient (Wildman–Crippen LogP) is 2.04. The van der Waals surface area contributed by atoms with E-state index in [-0.39, 0.29) is 36.9 Å². The quantitative estimate of drug-likeness (QED) is 0.735. The van der Waals surface area contributed by atoms with Gasteiger partial charge in [-0.3, -0.25) is 14.5 Å². The second-order valence-electron chi connectivity index (χ2n) is 8.04. The fraction of sp³-hybridized carbons (Fsp3) is 0.476. The molecule has 1 saturated heterocycles. The van der Waals surface area contributed by atoms with Crippen molar-refractivity contribution in [3.8, 4) is 5.69 Å². The number of hydrogen-bond acceptors (Lipinski definition) is 5. The number of nitrogens with zero attached hydrogens (tertiary/aromatic N) is 5. The summed E-state index contributed by atoms with van der Waals surface area (Å²) in [5, 5.41) is 6.95. The highest BCUT2D eigenvalue weighted by molar-refractivity contribution is 6.07. The van der Waals surface area contributed by atoms with Gasteiger partial charge in [0.15, 0.2) is 0 Å². The summed E-state index contributed by atoms with van der Waals surface area (Å²) in [6.07, 6.45) is 6.45. The first-order valence-electron chi connectivity index (χ1n) is 10.3. The number of nitrogens with one attached hydrogen (secondary N) is 1. The first-order valence-corrected chi connectivity index (χ1v) is 10.3. The van der Waals surface area contributed by atoms with Crippen LogP contribution in [0.15, 0.2) is 36.9 Å². The van der Waals surface area contributed by atoms with Crippen molar-refractivity contribution in [2.75, 3.05) is 13.6 Å². The van der Waals surface area contributed by atoms with Gasteiger partial charge in [0.1, 0.15) is 18.2 Å². The van der Waals surface area contributed by atoms with E-state index in [1.54, 1.807) is 23.0 Å². The third kappa shape index (κ3) is 3.55. The lowest BCUT2D eigenvalue weighted by atomic mass is 9.98. The van der Waals surface area contributed by atoms with Crippen LogP contribution in [0, 0.1) is 0 Å². The van der Waals surface area contributed by atoms with Gasteiger partial charge in [0.25, 0.3) is 5.91 Å². The smallest absolute Gasteiger partial charge is 0.325 e. The van der Waals surface area contributed by atoms with Crippen LogP contribution in [0.2, 0.25) is 0 Å². The van der Waals surface area contributed by atoms with Gasteiger partial charge in [-0.05, 0) is 37.5 Å². The fourth-order valence-electron chi connectivity index (χ4n) is 4.27. The molecule has 2 aliphatic rings. The lowest BCUT2D eigenvalue weighted by molar-refractivity contribution is -0.134.